The number of alkyl halides is 2. The van der Waals surface area contributed by atoms with Crippen LogP contribution in [0.5, 0.6) is 0 Å². The number of hydrogen-bond donors (Lipinski definition) is 1. The van der Waals surface area contributed by atoms with E-state index in [1.807, 2.05) is 11.4 Å². The minimum atomic E-state index is -2.89. The van der Waals surface area contributed by atoms with E-state index in [2.05, 4.69) is 20.2 Å². The second kappa shape index (κ2) is 7.36. The summed E-state index contributed by atoms with van der Waals surface area (Å²) in [6.07, 6.45) is 0. The molecule has 0 unspecified atom stereocenters. The van der Waals surface area contributed by atoms with Gasteiger partial charge in [-0.15, -0.1) is 11.3 Å². The van der Waals surface area contributed by atoms with Gasteiger partial charge in [0.15, 0.2) is 0 Å². The van der Waals surface area contributed by atoms with Gasteiger partial charge in [0.25, 0.3) is 5.92 Å². The standard InChI is InChI=1S/C19H20F2N4OS/c1-19(20,21)14-5-3-2-4-13(14)12-22-17-16-15(6-11-27-16)23-18(24-17)25-7-9-26-10-8-25/h2-6,11H,7-10,12H2,1H3,(H,22,23,24). The number of anilines is 2. The number of nitrogens with one attached hydrogen (secondary N) is 1. The molecule has 0 spiro atoms. The van der Waals surface area contributed by atoms with Crippen molar-refractivity contribution in [1.82, 2.24) is 9.97 Å². The number of aromatic nitrogens is 2. The third-order valence-corrected chi connectivity index (χ3v) is 5.43. The Labute approximate surface area is 160 Å². The van der Waals surface area contributed by atoms with Gasteiger partial charge in [-0.2, -0.15) is 4.98 Å². The molecule has 0 atom stereocenters. The van der Waals surface area contributed by atoms with Crippen molar-refractivity contribution in [2.45, 2.75) is 19.4 Å². The van der Waals surface area contributed by atoms with Crippen LogP contribution in [0.25, 0.3) is 10.2 Å². The van der Waals surface area contributed by atoms with E-state index in [9.17, 15) is 8.78 Å². The lowest BCUT2D eigenvalue weighted by Gasteiger charge is -2.27. The average Bonchev–Trinajstić information content (AvgIpc) is 3.15. The quantitative estimate of drug-likeness (QED) is 0.706. The van der Waals surface area contributed by atoms with Crippen LogP contribution in [-0.2, 0) is 17.2 Å². The first-order chi connectivity index (χ1) is 13.0. The second-order valence-corrected chi connectivity index (χ2v) is 7.42. The highest BCUT2D eigenvalue weighted by atomic mass is 32.1. The van der Waals surface area contributed by atoms with E-state index in [1.165, 1.54) is 17.4 Å². The predicted octanol–water partition coefficient (Wildman–Crippen LogP) is 4.25. The molecule has 1 aliphatic rings. The maximum atomic E-state index is 13.9. The van der Waals surface area contributed by atoms with Gasteiger partial charge in [-0.25, -0.2) is 13.8 Å². The van der Waals surface area contributed by atoms with Gasteiger partial charge in [0, 0.05) is 32.1 Å². The summed E-state index contributed by atoms with van der Waals surface area (Å²) in [4.78, 5) is 11.4. The smallest absolute Gasteiger partial charge is 0.270 e. The molecule has 1 aliphatic heterocycles. The number of halogens is 2. The molecule has 0 saturated carbocycles. The van der Waals surface area contributed by atoms with Crippen molar-refractivity contribution in [2.24, 2.45) is 0 Å². The average molecular weight is 390 g/mol. The maximum absolute atomic E-state index is 13.9. The Morgan fingerprint density at radius 1 is 1.19 bits per heavy atom. The summed E-state index contributed by atoms with van der Waals surface area (Å²) in [6.45, 7) is 3.95. The summed E-state index contributed by atoms with van der Waals surface area (Å²) in [6, 6.07) is 8.54. The molecule has 1 aromatic carbocycles. The zero-order valence-corrected chi connectivity index (χ0v) is 15.7. The fourth-order valence-electron chi connectivity index (χ4n) is 3.16. The highest BCUT2D eigenvalue weighted by Gasteiger charge is 2.27. The lowest BCUT2D eigenvalue weighted by molar-refractivity contribution is 0.0166. The van der Waals surface area contributed by atoms with E-state index in [4.69, 9.17) is 4.74 Å². The molecule has 142 valence electrons. The summed E-state index contributed by atoms with van der Waals surface area (Å²) >= 11 is 1.54. The molecule has 0 aliphatic carbocycles. The molecule has 1 fully saturated rings. The molecular weight excluding hydrogens is 370 g/mol. The van der Waals surface area contributed by atoms with Crippen molar-refractivity contribution in [2.75, 3.05) is 36.5 Å². The normalized spacial score (nSPS) is 15.3. The van der Waals surface area contributed by atoms with Crippen LogP contribution in [0.4, 0.5) is 20.5 Å². The molecule has 5 nitrogen and oxygen atoms in total. The molecule has 1 N–H and O–H groups in total. The number of nitrogens with zero attached hydrogens (tertiary/aromatic N) is 3. The molecule has 0 radical (unpaired) electrons. The lowest BCUT2D eigenvalue weighted by Crippen LogP contribution is -2.37. The summed E-state index contributed by atoms with van der Waals surface area (Å²) in [7, 11) is 0. The number of fused-ring (bicyclic) bond motifs is 1. The van der Waals surface area contributed by atoms with E-state index in [1.54, 1.807) is 18.2 Å². The number of thiophene rings is 1. The van der Waals surface area contributed by atoms with Gasteiger partial charge in [-0.05, 0) is 17.0 Å². The first-order valence-corrected chi connectivity index (χ1v) is 9.68. The monoisotopic (exact) mass is 390 g/mol. The maximum Gasteiger partial charge on any atom is 0.270 e. The molecule has 8 heteroatoms. The van der Waals surface area contributed by atoms with Gasteiger partial charge < -0.3 is 15.0 Å². The summed E-state index contributed by atoms with van der Waals surface area (Å²) in [5.41, 5.74) is 1.44. The Morgan fingerprint density at radius 2 is 1.96 bits per heavy atom. The van der Waals surface area contributed by atoms with Crippen molar-refractivity contribution in [1.29, 1.82) is 0 Å². The molecule has 1 saturated heterocycles. The van der Waals surface area contributed by atoms with Crippen LogP contribution in [0.15, 0.2) is 35.7 Å². The third-order valence-electron chi connectivity index (χ3n) is 4.52. The Kier molecular flexibility index (Phi) is 4.92. The third kappa shape index (κ3) is 3.86. The zero-order valence-electron chi connectivity index (χ0n) is 14.9. The van der Waals surface area contributed by atoms with Crippen molar-refractivity contribution in [3.8, 4) is 0 Å². The van der Waals surface area contributed by atoms with Gasteiger partial charge in [0.05, 0.1) is 23.4 Å². The van der Waals surface area contributed by atoms with Crippen LogP contribution in [0, 0.1) is 0 Å². The molecule has 2 aromatic heterocycles. The van der Waals surface area contributed by atoms with Crippen molar-refractivity contribution >= 4 is 33.3 Å². The van der Waals surface area contributed by atoms with Gasteiger partial charge in [0.1, 0.15) is 5.82 Å². The van der Waals surface area contributed by atoms with E-state index in [0.717, 1.165) is 30.2 Å². The number of benzene rings is 1. The Balaban J connectivity index is 1.63. The first-order valence-electron chi connectivity index (χ1n) is 8.80. The largest absolute Gasteiger partial charge is 0.378 e. The first kappa shape index (κ1) is 18.1. The van der Waals surface area contributed by atoms with Crippen LogP contribution in [0.2, 0.25) is 0 Å². The van der Waals surface area contributed by atoms with Gasteiger partial charge in [0.2, 0.25) is 5.95 Å². The van der Waals surface area contributed by atoms with Crippen LogP contribution in [0.3, 0.4) is 0 Å². The zero-order chi connectivity index (χ0) is 18.9. The Hall–Kier alpha value is -2.32. The van der Waals surface area contributed by atoms with Crippen LogP contribution in [0.1, 0.15) is 18.1 Å². The van der Waals surface area contributed by atoms with E-state index in [0.29, 0.717) is 30.5 Å². The van der Waals surface area contributed by atoms with Crippen LogP contribution in [-0.4, -0.2) is 36.3 Å². The highest BCUT2D eigenvalue weighted by molar-refractivity contribution is 7.17. The molecule has 0 bridgehead atoms. The number of ether oxygens (including phenoxy) is 1. The Morgan fingerprint density at radius 3 is 2.74 bits per heavy atom. The second-order valence-electron chi connectivity index (χ2n) is 6.51. The summed E-state index contributed by atoms with van der Waals surface area (Å²) < 4.78 is 34.1. The topological polar surface area (TPSA) is 50.3 Å². The van der Waals surface area contributed by atoms with Crippen molar-refractivity contribution in [3.05, 3.63) is 46.8 Å². The molecular formula is C19H20F2N4OS. The van der Waals surface area contributed by atoms with Crippen molar-refractivity contribution in [3.63, 3.8) is 0 Å². The molecule has 4 rings (SSSR count). The van der Waals surface area contributed by atoms with Crippen LogP contribution >= 0.6 is 11.3 Å². The minimum Gasteiger partial charge on any atom is -0.378 e. The molecule has 27 heavy (non-hydrogen) atoms. The fourth-order valence-corrected chi connectivity index (χ4v) is 3.95. The van der Waals surface area contributed by atoms with E-state index < -0.39 is 5.92 Å². The lowest BCUT2D eigenvalue weighted by atomic mass is 10.0. The predicted molar refractivity (Wildman–Crippen MR) is 104 cm³/mol. The number of rotatable bonds is 5. The van der Waals surface area contributed by atoms with Crippen molar-refractivity contribution < 1.29 is 13.5 Å². The number of morpholine rings is 1. The van der Waals surface area contributed by atoms with Crippen LogP contribution < -0.4 is 10.2 Å². The minimum absolute atomic E-state index is 0.0300. The number of hydrogen-bond acceptors (Lipinski definition) is 6. The van der Waals surface area contributed by atoms with E-state index in [-0.39, 0.29) is 12.1 Å². The van der Waals surface area contributed by atoms with Gasteiger partial charge in [-0.3, -0.25) is 0 Å². The molecule has 3 aromatic rings. The fraction of sp³-hybridized carbons (Fsp3) is 0.368. The SMILES string of the molecule is CC(F)(F)c1ccccc1CNc1nc(N2CCOCC2)nc2ccsc12. The molecule has 0 amide bonds. The van der Waals surface area contributed by atoms with Gasteiger partial charge in [-0.1, -0.05) is 24.3 Å². The molecule has 3 heterocycles. The van der Waals surface area contributed by atoms with E-state index >= 15 is 0 Å². The summed E-state index contributed by atoms with van der Waals surface area (Å²) in [5, 5.41) is 5.21. The Bertz CT molecular complexity index is 935. The highest BCUT2D eigenvalue weighted by Crippen LogP contribution is 2.32. The summed E-state index contributed by atoms with van der Waals surface area (Å²) in [5.74, 6) is -1.58. The van der Waals surface area contributed by atoms with Gasteiger partial charge >= 0.3 is 0 Å².